The van der Waals surface area contributed by atoms with Gasteiger partial charge in [0.15, 0.2) is 0 Å². The molecule has 102 valence electrons. The minimum atomic E-state index is -4.36. The molecule has 0 radical (unpaired) electrons. The van der Waals surface area contributed by atoms with Crippen LogP contribution in [0.2, 0.25) is 0 Å². The van der Waals surface area contributed by atoms with Crippen LogP contribution in [0.4, 0.5) is 0 Å². The van der Waals surface area contributed by atoms with E-state index in [1.807, 2.05) is 0 Å². The summed E-state index contributed by atoms with van der Waals surface area (Å²) >= 11 is 0. The number of carbonyl (C=O) groups is 1. The molecule has 0 aliphatic carbocycles. The molecule has 0 amide bonds. The van der Waals surface area contributed by atoms with Gasteiger partial charge in [0, 0.05) is 0 Å². The van der Waals surface area contributed by atoms with Gasteiger partial charge in [0.05, 0.1) is 17.7 Å². The number of carbonyl (C=O) groups excluding carboxylic acids is 1. The molecule has 0 spiro atoms. The average molecular weight is 266 g/mol. The van der Waals surface area contributed by atoms with Crippen LogP contribution >= 0.6 is 7.60 Å². The lowest BCUT2D eigenvalue weighted by molar-refractivity contribution is -0.150. The number of rotatable bonds is 7. The van der Waals surface area contributed by atoms with Crippen molar-refractivity contribution >= 4 is 13.6 Å². The van der Waals surface area contributed by atoms with E-state index in [9.17, 15) is 19.1 Å². The summed E-state index contributed by atoms with van der Waals surface area (Å²) in [5, 5.41) is -1.30. The third kappa shape index (κ3) is 3.30. The molecule has 1 unspecified atom stereocenters. The van der Waals surface area contributed by atoms with E-state index in [2.05, 4.69) is 0 Å². The standard InChI is InChI=1S/C11H23O5P/c1-5-9(10(12)16-8-4)11(6-2,7-3)17(13,14)15/h9H,5-8H2,1-4H3,(H2,13,14,15). The molecule has 0 aliphatic rings. The minimum Gasteiger partial charge on any atom is -0.466 e. The Labute approximate surface area is 103 Å². The molecule has 0 saturated heterocycles. The molecular formula is C11H23O5P. The zero-order chi connectivity index (χ0) is 13.7. The molecule has 0 aromatic heterocycles. The molecule has 2 N–H and O–H groups in total. The van der Waals surface area contributed by atoms with Gasteiger partial charge in [-0.3, -0.25) is 9.36 Å². The monoisotopic (exact) mass is 266 g/mol. The highest BCUT2D eigenvalue weighted by Gasteiger charge is 2.52. The Morgan fingerprint density at radius 1 is 1.24 bits per heavy atom. The predicted molar refractivity (Wildman–Crippen MR) is 65.8 cm³/mol. The lowest BCUT2D eigenvalue weighted by Crippen LogP contribution is -2.42. The number of esters is 1. The summed E-state index contributed by atoms with van der Waals surface area (Å²) in [6.07, 6.45) is 0.877. The van der Waals surface area contributed by atoms with E-state index in [4.69, 9.17) is 4.74 Å². The highest BCUT2D eigenvalue weighted by molar-refractivity contribution is 7.53. The molecule has 5 nitrogen and oxygen atoms in total. The Morgan fingerprint density at radius 2 is 1.71 bits per heavy atom. The average Bonchev–Trinajstić information content (AvgIpc) is 2.24. The zero-order valence-electron chi connectivity index (χ0n) is 11.0. The fourth-order valence-electron chi connectivity index (χ4n) is 2.37. The summed E-state index contributed by atoms with van der Waals surface area (Å²) in [4.78, 5) is 30.9. The maximum Gasteiger partial charge on any atom is 0.332 e. The fraction of sp³-hybridized carbons (Fsp3) is 0.909. The van der Waals surface area contributed by atoms with Gasteiger partial charge in [-0.2, -0.15) is 0 Å². The lowest BCUT2D eigenvalue weighted by atomic mass is 9.84. The first-order chi connectivity index (χ1) is 7.80. The van der Waals surface area contributed by atoms with Crippen LogP contribution in [-0.2, 0) is 14.1 Å². The summed E-state index contributed by atoms with van der Waals surface area (Å²) in [7, 11) is -4.36. The Morgan fingerprint density at radius 3 is 1.94 bits per heavy atom. The second-order valence-corrected chi connectivity index (χ2v) is 6.05. The van der Waals surface area contributed by atoms with Gasteiger partial charge in [-0.1, -0.05) is 20.8 Å². The third-order valence-corrected chi connectivity index (χ3v) is 5.54. The van der Waals surface area contributed by atoms with Crippen molar-refractivity contribution < 1.29 is 23.9 Å². The second-order valence-electron chi connectivity index (χ2n) is 4.07. The van der Waals surface area contributed by atoms with Crippen LogP contribution in [0.25, 0.3) is 0 Å². The number of hydrogen-bond donors (Lipinski definition) is 2. The largest absolute Gasteiger partial charge is 0.466 e. The molecule has 0 heterocycles. The molecule has 0 aromatic rings. The van der Waals surface area contributed by atoms with Crippen molar-refractivity contribution in [3.63, 3.8) is 0 Å². The number of ether oxygens (including phenoxy) is 1. The second kappa shape index (κ2) is 6.53. The number of hydrogen-bond acceptors (Lipinski definition) is 3. The van der Waals surface area contributed by atoms with E-state index in [1.54, 1.807) is 27.7 Å². The van der Waals surface area contributed by atoms with Gasteiger partial charge >= 0.3 is 13.6 Å². The molecule has 0 fully saturated rings. The summed E-state index contributed by atoms with van der Waals surface area (Å²) in [5.74, 6) is -1.26. The SMILES string of the molecule is CCOC(=O)C(CC)C(CC)(CC)P(=O)(O)O. The van der Waals surface area contributed by atoms with Crippen molar-refractivity contribution in [3.8, 4) is 0 Å². The van der Waals surface area contributed by atoms with E-state index in [1.165, 1.54) is 0 Å². The van der Waals surface area contributed by atoms with Crippen LogP contribution in [0.1, 0.15) is 47.0 Å². The van der Waals surface area contributed by atoms with Gasteiger partial charge in [-0.25, -0.2) is 0 Å². The van der Waals surface area contributed by atoms with E-state index in [-0.39, 0.29) is 19.4 Å². The van der Waals surface area contributed by atoms with Crippen molar-refractivity contribution in [2.24, 2.45) is 5.92 Å². The normalized spacial score (nSPS) is 14.5. The van der Waals surface area contributed by atoms with Crippen LogP contribution in [-0.4, -0.2) is 27.5 Å². The molecule has 6 heteroatoms. The Kier molecular flexibility index (Phi) is 6.38. The zero-order valence-corrected chi connectivity index (χ0v) is 11.9. The lowest BCUT2D eigenvalue weighted by Gasteiger charge is -2.37. The fourth-order valence-corrected chi connectivity index (χ4v) is 3.88. The summed E-state index contributed by atoms with van der Waals surface area (Å²) < 4.78 is 16.6. The van der Waals surface area contributed by atoms with E-state index >= 15 is 0 Å². The van der Waals surface area contributed by atoms with Crippen LogP contribution in [0.15, 0.2) is 0 Å². The summed E-state index contributed by atoms with van der Waals surface area (Å²) in [6.45, 7) is 7.05. The van der Waals surface area contributed by atoms with E-state index in [0.717, 1.165) is 0 Å². The molecule has 0 saturated carbocycles. The van der Waals surface area contributed by atoms with Crippen molar-refractivity contribution in [1.29, 1.82) is 0 Å². The first kappa shape index (κ1) is 16.6. The highest BCUT2D eigenvalue weighted by atomic mass is 31.2. The van der Waals surface area contributed by atoms with Crippen LogP contribution in [0.3, 0.4) is 0 Å². The van der Waals surface area contributed by atoms with E-state index in [0.29, 0.717) is 6.42 Å². The molecule has 1 atom stereocenters. The minimum absolute atomic E-state index is 0.222. The molecule has 0 rings (SSSR count). The quantitative estimate of drug-likeness (QED) is 0.545. The van der Waals surface area contributed by atoms with Gasteiger partial charge < -0.3 is 14.5 Å². The van der Waals surface area contributed by atoms with Gasteiger partial charge in [0.2, 0.25) is 0 Å². The molecule has 0 bridgehead atoms. The van der Waals surface area contributed by atoms with Gasteiger partial charge in [0.25, 0.3) is 0 Å². The van der Waals surface area contributed by atoms with Crippen LogP contribution < -0.4 is 0 Å². The Hall–Kier alpha value is -0.380. The first-order valence-electron chi connectivity index (χ1n) is 6.02. The first-order valence-corrected chi connectivity index (χ1v) is 7.64. The van der Waals surface area contributed by atoms with Gasteiger partial charge in [0.1, 0.15) is 0 Å². The maximum atomic E-state index is 11.8. The molecule has 0 aliphatic heterocycles. The predicted octanol–water partition coefficient (Wildman–Crippen LogP) is 2.31. The maximum absolute atomic E-state index is 11.8. The van der Waals surface area contributed by atoms with Crippen LogP contribution in [0.5, 0.6) is 0 Å². The van der Waals surface area contributed by atoms with Crippen molar-refractivity contribution in [3.05, 3.63) is 0 Å². The Balaban J connectivity index is 5.42. The van der Waals surface area contributed by atoms with Crippen molar-refractivity contribution in [2.75, 3.05) is 6.61 Å². The smallest absolute Gasteiger partial charge is 0.332 e. The Bertz CT molecular complexity index is 292. The van der Waals surface area contributed by atoms with Crippen LogP contribution in [0, 0.1) is 5.92 Å². The summed E-state index contributed by atoms with van der Waals surface area (Å²) in [5.41, 5.74) is 0. The third-order valence-electron chi connectivity index (χ3n) is 3.43. The summed E-state index contributed by atoms with van der Waals surface area (Å²) in [6, 6.07) is 0. The van der Waals surface area contributed by atoms with Crippen molar-refractivity contribution in [1.82, 2.24) is 0 Å². The van der Waals surface area contributed by atoms with E-state index < -0.39 is 24.6 Å². The topological polar surface area (TPSA) is 83.8 Å². The molecule has 17 heavy (non-hydrogen) atoms. The van der Waals surface area contributed by atoms with Crippen molar-refractivity contribution in [2.45, 2.75) is 52.1 Å². The molecular weight excluding hydrogens is 243 g/mol. The highest BCUT2D eigenvalue weighted by Crippen LogP contribution is 2.59. The van der Waals surface area contributed by atoms with Gasteiger partial charge in [-0.05, 0) is 26.2 Å². The molecule has 0 aromatic carbocycles. The van der Waals surface area contributed by atoms with Gasteiger partial charge in [-0.15, -0.1) is 0 Å².